The molecular weight excluding hydrogens is 268 g/mol. The van der Waals surface area contributed by atoms with Crippen molar-refractivity contribution in [1.29, 1.82) is 0 Å². The van der Waals surface area contributed by atoms with E-state index >= 15 is 0 Å². The molecule has 3 rings (SSSR count). The molecule has 0 fully saturated rings. The summed E-state index contributed by atoms with van der Waals surface area (Å²) in [6.45, 7) is 0. The van der Waals surface area contributed by atoms with Gasteiger partial charge in [-0.2, -0.15) is 5.10 Å². The quantitative estimate of drug-likeness (QED) is 0.454. The van der Waals surface area contributed by atoms with E-state index in [0.29, 0.717) is 5.69 Å². The Hall–Kier alpha value is -3.15. The minimum absolute atomic E-state index is 0.103. The van der Waals surface area contributed by atoms with Gasteiger partial charge in [0.15, 0.2) is 0 Å². The zero-order valence-electron chi connectivity index (χ0n) is 11.0. The third-order valence-corrected chi connectivity index (χ3v) is 3.16. The third kappa shape index (κ3) is 2.46. The number of nitrogens with zero attached hydrogens (tertiary/aromatic N) is 3. The van der Waals surface area contributed by atoms with Gasteiger partial charge in [-0.15, -0.1) is 0 Å². The average molecular weight is 280 g/mol. The molecule has 3 aromatic rings. The number of nitrogen functional groups attached to an aromatic ring is 1. The van der Waals surface area contributed by atoms with Crippen LogP contribution in [-0.4, -0.2) is 14.7 Å². The van der Waals surface area contributed by atoms with Crippen LogP contribution in [0, 0.1) is 10.1 Å². The predicted octanol–water partition coefficient (Wildman–Crippen LogP) is 3.03. The van der Waals surface area contributed by atoms with Crippen LogP contribution < -0.4 is 5.73 Å². The Labute approximate surface area is 120 Å². The van der Waals surface area contributed by atoms with Crippen LogP contribution in [0.15, 0.2) is 60.9 Å². The number of nitro groups is 1. The molecule has 0 atom stereocenters. The molecule has 1 heterocycles. The molecule has 0 saturated carbocycles. The lowest BCUT2D eigenvalue weighted by atomic mass is 10.1. The Bertz CT molecular complexity index is 796. The van der Waals surface area contributed by atoms with E-state index in [0.717, 1.165) is 11.1 Å². The molecular formula is C15H12N4O2. The molecule has 0 saturated heterocycles. The maximum Gasteiger partial charge on any atom is 0.292 e. The summed E-state index contributed by atoms with van der Waals surface area (Å²) in [6, 6.07) is 14.4. The van der Waals surface area contributed by atoms with Gasteiger partial charge < -0.3 is 5.73 Å². The van der Waals surface area contributed by atoms with Crippen LogP contribution in [0.2, 0.25) is 0 Å². The van der Waals surface area contributed by atoms with Crippen molar-refractivity contribution < 1.29 is 4.92 Å². The van der Waals surface area contributed by atoms with Crippen LogP contribution in [0.4, 0.5) is 11.4 Å². The van der Waals surface area contributed by atoms with Gasteiger partial charge >= 0.3 is 0 Å². The first-order valence-electron chi connectivity index (χ1n) is 6.29. The molecule has 0 aliphatic rings. The number of hydrogen-bond acceptors (Lipinski definition) is 4. The van der Waals surface area contributed by atoms with Crippen molar-refractivity contribution in [3.63, 3.8) is 0 Å². The summed E-state index contributed by atoms with van der Waals surface area (Å²) >= 11 is 0. The molecule has 0 aliphatic heterocycles. The summed E-state index contributed by atoms with van der Waals surface area (Å²) < 4.78 is 1.64. The number of anilines is 1. The normalized spacial score (nSPS) is 10.5. The maximum atomic E-state index is 10.8. The van der Waals surface area contributed by atoms with Gasteiger partial charge in [0, 0.05) is 17.8 Å². The molecule has 104 valence electrons. The van der Waals surface area contributed by atoms with Crippen molar-refractivity contribution in [2.45, 2.75) is 0 Å². The third-order valence-electron chi connectivity index (χ3n) is 3.16. The zero-order valence-corrected chi connectivity index (χ0v) is 11.0. The molecule has 1 aromatic heterocycles. The standard InChI is InChI=1S/C15H12N4O2/c16-14-8-13(6-7-15(14)19(20)21)18-10-12(9-17-18)11-4-2-1-3-5-11/h1-10H,16H2. The SMILES string of the molecule is Nc1cc(-n2cc(-c3ccccc3)cn2)ccc1[N+](=O)[O-]. The second kappa shape index (κ2) is 5.09. The fourth-order valence-electron chi connectivity index (χ4n) is 2.09. The highest BCUT2D eigenvalue weighted by molar-refractivity contribution is 5.64. The van der Waals surface area contributed by atoms with Gasteiger partial charge in [0.2, 0.25) is 0 Å². The van der Waals surface area contributed by atoms with Crippen molar-refractivity contribution >= 4 is 11.4 Å². The summed E-state index contributed by atoms with van der Waals surface area (Å²) in [5, 5.41) is 15.0. The van der Waals surface area contributed by atoms with E-state index in [2.05, 4.69) is 5.10 Å². The van der Waals surface area contributed by atoms with Crippen LogP contribution in [0.25, 0.3) is 16.8 Å². The Morgan fingerprint density at radius 3 is 2.52 bits per heavy atom. The fourth-order valence-corrected chi connectivity index (χ4v) is 2.09. The van der Waals surface area contributed by atoms with Gasteiger partial charge in [-0.25, -0.2) is 4.68 Å². The van der Waals surface area contributed by atoms with Gasteiger partial charge in [-0.1, -0.05) is 30.3 Å². The smallest absolute Gasteiger partial charge is 0.292 e. The molecule has 0 radical (unpaired) electrons. The van der Waals surface area contributed by atoms with E-state index in [1.54, 1.807) is 23.0 Å². The minimum atomic E-state index is -0.502. The molecule has 6 heteroatoms. The highest BCUT2D eigenvalue weighted by Crippen LogP contribution is 2.25. The molecule has 0 unspecified atom stereocenters. The minimum Gasteiger partial charge on any atom is -0.393 e. The van der Waals surface area contributed by atoms with Crippen LogP contribution in [0.3, 0.4) is 0 Å². The van der Waals surface area contributed by atoms with E-state index in [1.807, 2.05) is 36.5 Å². The number of rotatable bonds is 3. The molecule has 6 nitrogen and oxygen atoms in total. The summed E-state index contributed by atoms with van der Waals surface area (Å²) in [5.74, 6) is 0. The van der Waals surface area contributed by atoms with Gasteiger partial charge in [-0.05, 0) is 17.7 Å². The number of benzene rings is 2. The van der Waals surface area contributed by atoms with Crippen molar-refractivity contribution in [3.8, 4) is 16.8 Å². The number of nitro benzene ring substituents is 1. The first-order chi connectivity index (χ1) is 10.1. The Kier molecular flexibility index (Phi) is 3.12. The Morgan fingerprint density at radius 1 is 1.10 bits per heavy atom. The molecule has 0 amide bonds. The predicted molar refractivity (Wildman–Crippen MR) is 80.1 cm³/mol. The number of aromatic nitrogens is 2. The zero-order chi connectivity index (χ0) is 14.8. The lowest BCUT2D eigenvalue weighted by molar-refractivity contribution is -0.383. The lowest BCUT2D eigenvalue weighted by Crippen LogP contribution is -1.99. The van der Waals surface area contributed by atoms with Crippen LogP contribution in [0.5, 0.6) is 0 Å². The fraction of sp³-hybridized carbons (Fsp3) is 0. The summed E-state index contributed by atoms with van der Waals surface area (Å²) in [7, 11) is 0. The molecule has 0 spiro atoms. The van der Waals surface area contributed by atoms with Crippen molar-refractivity contribution in [2.24, 2.45) is 0 Å². The second-order valence-corrected chi connectivity index (χ2v) is 4.54. The van der Waals surface area contributed by atoms with Crippen LogP contribution in [0.1, 0.15) is 0 Å². The molecule has 2 aromatic carbocycles. The van der Waals surface area contributed by atoms with Crippen LogP contribution >= 0.6 is 0 Å². The average Bonchev–Trinajstić information content (AvgIpc) is 2.97. The highest BCUT2D eigenvalue weighted by Gasteiger charge is 2.12. The molecule has 0 bridgehead atoms. The van der Waals surface area contributed by atoms with E-state index in [9.17, 15) is 10.1 Å². The van der Waals surface area contributed by atoms with E-state index < -0.39 is 4.92 Å². The van der Waals surface area contributed by atoms with Gasteiger partial charge in [0.05, 0.1) is 16.8 Å². The van der Waals surface area contributed by atoms with Gasteiger partial charge in [0.25, 0.3) is 5.69 Å². The summed E-state index contributed by atoms with van der Waals surface area (Å²) in [6.07, 6.45) is 3.60. The first-order valence-corrected chi connectivity index (χ1v) is 6.29. The van der Waals surface area contributed by atoms with E-state index in [1.165, 1.54) is 6.07 Å². The van der Waals surface area contributed by atoms with Crippen LogP contribution in [-0.2, 0) is 0 Å². The second-order valence-electron chi connectivity index (χ2n) is 4.54. The van der Waals surface area contributed by atoms with Gasteiger partial charge in [-0.3, -0.25) is 10.1 Å². The van der Waals surface area contributed by atoms with E-state index in [4.69, 9.17) is 5.73 Å². The molecule has 21 heavy (non-hydrogen) atoms. The Morgan fingerprint density at radius 2 is 1.86 bits per heavy atom. The number of hydrogen-bond donors (Lipinski definition) is 1. The number of nitrogens with two attached hydrogens (primary N) is 1. The van der Waals surface area contributed by atoms with E-state index in [-0.39, 0.29) is 11.4 Å². The highest BCUT2D eigenvalue weighted by atomic mass is 16.6. The molecule has 0 aliphatic carbocycles. The molecule has 2 N–H and O–H groups in total. The first kappa shape index (κ1) is 12.9. The summed E-state index contributed by atoms with van der Waals surface area (Å²) in [5.41, 5.74) is 8.41. The lowest BCUT2D eigenvalue weighted by Gasteiger charge is -2.03. The monoisotopic (exact) mass is 280 g/mol. The summed E-state index contributed by atoms with van der Waals surface area (Å²) in [4.78, 5) is 10.3. The maximum absolute atomic E-state index is 10.8. The largest absolute Gasteiger partial charge is 0.393 e. The van der Waals surface area contributed by atoms with Crippen molar-refractivity contribution in [3.05, 3.63) is 71.0 Å². The van der Waals surface area contributed by atoms with Gasteiger partial charge in [0.1, 0.15) is 5.69 Å². The Balaban J connectivity index is 1.97. The topological polar surface area (TPSA) is 87.0 Å². The van der Waals surface area contributed by atoms with Crippen molar-refractivity contribution in [2.75, 3.05) is 5.73 Å². The van der Waals surface area contributed by atoms with Crippen molar-refractivity contribution in [1.82, 2.24) is 9.78 Å².